The smallest absolute Gasteiger partial charge is 0.243 e. The second-order valence-electron chi connectivity index (χ2n) is 5.56. The van der Waals surface area contributed by atoms with Crippen LogP contribution in [0.4, 0.5) is 0 Å². The molecule has 112 valence electrons. The van der Waals surface area contributed by atoms with Gasteiger partial charge in [-0.15, -0.1) is 0 Å². The Hall–Kier alpha value is -0.910. The predicted octanol–water partition coefficient (Wildman–Crippen LogP) is 2.69. The van der Waals surface area contributed by atoms with Crippen LogP contribution in [0.5, 0.6) is 0 Å². The third-order valence-corrected chi connectivity index (χ3v) is 5.95. The Kier molecular flexibility index (Phi) is 4.83. The number of sulfonamides is 1. The average Bonchev–Trinajstić information content (AvgIpc) is 2.64. The van der Waals surface area contributed by atoms with Crippen molar-refractivity contribution in [1.82, 2.24) is 4.31 Å². The SMILES string of the molecule is CC(O)c1cccc(S(=O)(=O)N2CCCCCC2C)c1. The van der Waals surface area contributed by atoms with Crippen molar-refractivity contribution in [3.63, 3.8) is 0 Å². The number of nitrogens with zero attached hydrogens (tertiary/aromatic N) is 1. The lowest BCUT2D eigenvalue weighted by molar-refractivity contribution is 0.199. The highest BCUT2D eigenvalue weighted by Gasteiger charge is 2.30. The molecule has 0 spiro atoms. The highest BCUT2D eigenvalue weighted by molar-refractivity contribution is 7.89. The summed E-state index contributed by atoms with van der Waals surface area (Å²) in [6.07, 6.45) is 3.34. The molecule has 2 rings (SSSR count). The van der Waals surface area contributed by atoms with Crippen molar-refractivity contribution in [1.29, 1.82) is 0 Å². The molecule has 5 heteroatoms. The summed E-state index contributed by atoms with van der Waals surface area (Å²) in [5.41, 5.74) is 0.633. The molecule has 1 aromatic carbocycles. The van der Waals surface area contributed by atoms with Crippen LogP contribution in [0.25, 0.3) is 0 Å². The highest BCUT2D eigenvalue weighted by atomic mass is 32.2. The minimum atomic E-state index is -3.47. The fraction of sp³-hybridized carbons (Fsp3) is 0.600. The maximum Gasteiger partial charge on any atom is 0.243 e. The van der Waals surface area contributed by atoms with Crippen LogP contribution in [0.2, 0.25) is 0 Å². The predicted molar refractivity (Wildman–Crippen MR) is 78.9 cm³/mol. The molecule has 1 fully saturated rings. The maximum absolute atomic E-state index is 12.8. The Bertz CT molecular complexity index is 554. The first-order valence-corrected chi connectivity index (χ1v) is 8.67. The number of rotatable bonds is 3. The van der Waals surface area contributed by atoms with Crippen LogP contribution in [0.1, 0.15) is 51.2 Å². The Balaban J connectivity index is 2.36. The molecule has 0 bridgehead atoms. The van der Waals surface area contributed by atoms with Gasteiger partial charge in [-0.1, -0.05) is 25.0 Å². The first-order chi connectivity index (χ1) is 9.43. The molecule has 1 N–H and O–H groups in total. The van der Waals surface area contributed by atoms with Gasteiger partial charge in [0.1, 0.15) is 0 Å². The molecule has 0 saturated carbocycles. The zero-order valence-corrected chi connectivity index (χ0v) is 12.9. The minimum Gasteiger partial charge on any atom is -0.389 e. The molecule has 0 aromatic heterocycles. The van der Waals surface area contributed by atoms with Gasteiger partial charge < -0.3 is 5.11 Å². The number of hydrogen-bond donors (Lipinski definition) is 1. The molecule has 1 saturated heterocycles. The van der Waals surface area contributed by atoms with Gasteiger partial charge in [-0.25, -0.2) is 8.42 Å². The summed E-state index contributed by atoms with van der Waals surface area (Å²) in [7, 11) is -3.47. The van der Waals surface area contributed by atoms with Crippen LogP contribution in [-0.4, -0.2) is 30.4 Å². The van der Waals surface area contributed by atoms with Crippen molar-refractivity contribution in [3.8, 4) is 0 Å². The zero-order chi connectivity index (χ0) is 14.8. The first-order valence-electron chi connectivity index (χ1n) is 7.23. The molecule has 1 heterocycles. The molecule has 20 heavy (non-hydrogen) atoms. The largest absolute Gasteiger partial charge is 0.389 e. The lowest BCUT2D eigenvalue weighted by atomic mass is 10.1. The summed E-state index contributed by atoms with van der Waals surface area (Å²) in [6, 6.07) is 6.67. The van der Waals surface area contributed by atoms with E-state index in [1.807, 2.05) is 6.92 Å². The summed E-state index contributed by atoms with van der Waals surface area (Å²) >= 11 is 0. The molecular weight excluding hydrogens is 274 g/mol. The van der Waals surface area contributed by atoms with Crippen molar-refractivity contribution in [2.75, 3.05) is 6.54 Å². The Morgan fingerprint density at radius 2 is 2.05 bits per heavy atom. The van der Waals surface area contributed by atoms with Gasteiger partial charge in [0.15, 0.2) is 0 Å². The third kappa shape index (κ3) is 3.22. The summed E-state index contributed by atoms with van der Waals surface area (Å²) < 4.78 is 27.2. The lowest BCUT2D eigenvalue weighted by Gasteiger charge is -2.26. The van der Waals surface area contributed by atoms with Crippen LogP contribution in [0, 0.1) is 0 Å². The minimum absolute atomic E-state index is 0.0395. The van der Waals surface area contributed by atoms with E-state index in [0.717, 1.165) is 25.7 Å². The highest BCUT2D eigenvalue weighted by Crippen LogP contribution is 2.26. The summed E-state index contributed by atoms with van der Waals surface area (Å²) in [5.74, 6) is 0. The van der Waals surface area contributed by atoms with E-state index in [4.69, 9.17) is 0 Å². The van der Waals surface area contributed by atoms with Gasteiger partial charge in [0, 0.05) is 12.6 Å². The van der Waals surface area contributed by atoms with E-state index in [1.165, 1.54) is 0 Å². The molecule has 4 nitrogen and oxygen atoms in total. The van der Waals surface area contributed by atoms with Crippen molar-refractivity contribution >= 4 is 10.0 Å². The van der Waals surface area contributed by atoms with Gasteiger partial charge in [-0.3, -0.25) is 0 Å². The van der Waals surface area contributed by atoms with Crippen molar-refractivity contribution in [2.45, 2.75) is 56.6 Å². The molecule has 0 aliphatic carbocycles. The monoisotopic (exact) mass is 297 g/mol. The van der Waals surface area contributed by atoms with E-state index in [-0.39, 0.29) is 10.9 Å². The Morgan fingerprint density at radius 1 is 1.30 bits per heavy atom. The molecule has 2 atom stereocenters. The van der Waals surface area contributed by atoms with Crippen LogP contribution >= 0.6 is 0 Å². The zero-order valence-electron chi connectivity index (χ0n) is 12.1. The molecule has 1 aliphatic heterocycles. The van der Waals surface area contributed by atoms with E-state index in [9.17, 15) is 13.5 Å². The van der Waals surface area contributed by atoms with Crippen molar-refractivity contribution in [3.05, 3.63) is 29.8 Å². The van der Waals surface area contributed by atoms with Gasteiger partial charge in [-0.2, -0.15) is 4.31 Å². The van der Waals surface area contributed by atoms with Crippen molar-refractivity contribution < 1.29 is 13.5 Å². The van der Waals surface area contributed by atoms with Gasteiger partial charge in [-0.05, 0) is 44.4 Å². The quantitative estimate of drug-likeness (QED) is 0.933. The van der Waals surface area contributed by atoms with Gasteiger partial charge in [0.25, 0.3) is 0 Å². The molecule has 0 radical (unpaired) electrons. The van der Waals surface area contributed by atoms with Crippen LogP contribution in [0.15, 0.2) is 29.2 Å². The topological polar surface area (TPSA) is 57.6 Å². The fourth-order valence-electron chi connectivity index (χ4n) is 2.68. The van der Waals surface area contributed by atoms with Gasteiger partial charge >= 0.3 is 0 Å². The maximum atomic E-state index is 12.8. The second kappa shape index (κ2) is 6.24. The summed E-state index contributed by atoms with van der Waals surface area (Å²) in [6.45, 7) is 4.20. The normalized spacial score (nSPS) is 23.2. The van der Waals surface area contributed by atoms with E-state index >= 15 is 0 Å². The van der Waals surface area contributed by atoms with E-state index < -0.39 is 16.1 Å². The van der Waals surface area contributed by atoms with Gasteiger partial charge in [0.05, 0.1) is 11.0 Å². The first kappa shape index (κ1) is 15.5. The summed E-state index contributed by atoms with van der Waals surface area (Å²) in [5, 5.41) is 9.61. The van der Waals surface area contributed by atoms with Crippen LogP contribution in [0.3, 0.4) is 0 Å². The molecule has 1 aliphatic rings. The second-order valence-corrected chi connectivity index (χ2v) is 7.45. The molecule has 2 unspecified atom stereocenters. The number of aliphatic hydroxyl groups is 1. The fourth-order valence-corrected chi connectivity index (χ4v) is 4.43. The number of hydrogen-bond acceptors (Lipinski definition) is 3. The van der Waals surface area contributed by atoms with E-state index in [1.54, 1.807) is 35.5 Å². The number of aliphatic hydroxyl groups excluding tert-OH is 1. The van der Waals surface area contributed by atoms with Crippen LogP contribution < -0.4 is 0 Å². The number of benzene rings is 1. The van der Waals surface area contributed by atoms with E-state index in [2.05, 4.69) is 0 Å². The van der Waals surface area contributed by atoms with E-state index in [0.29, 0.717) is 12.1 Å². The Labute approximate surface area is 121 Å². The molecule has 0 amide bonds. The van der Waals surface area contributed by atoms with Crippen LogP contribution in [-0.2, 0) is 10.0 Å². The molecule has 1 aromatic rings. The third-order valence-electron chi connectivity index (χ3n) is 3.94. The summed E-state index contributed by atoms with van der Waals surface area (Å²) in [4.78, 5) is 0.282. The standard InChI is InChI=1S/C15H23NO3S/c1-12-7-4-3-5-10-16(12)20(18,19)15-9-6-8-14(11-15)13(2)17/h6,8-9,11-13,17H,3-5,7,10H2,1-2H3. The molecular formula is C15H23NO3S. The Morgan fingerprint density at radius 3 is 2.75 bits per heavy atom. The van der Waals surface area contributed by atoms with Gasteiger partial charge in [0.2, 0.25) is 10.0 Å². The van der Waals surface area contributed by atoms with Crippen molar-refractivity contribution in [2.24, 2.45) is 0 Å². The average molecular weight is 297 g/mol. The lowest BCUT2D eigenvalue weighted by Crippen LogP contribution is -2.38.